The van der Waals surface area contributed by atoms with Crippen molar-refractivity contribution in [1.29, 1.82) is 0 Å². The van der Waals surface area contributed by atoms with Crippen LogP contribution in [0.2, 0.25) is 0 Å². The summed E-state index contributed by atoms with van der Waals surface area (Å²) in [5.41, 5.74) is 1.04. The maximum Gasteiger partial charge on any atom is 0.234 e. The normalized spacial score (nSPS) is 27.0. The second-order valence-electron chi connectivity index (χ2n) is 7.07. The molecular formula is C17H28N4O2. The van der Waals surface area contributed by atoms with Crippen molar-refractivity contribution in [2.24, 2.45) is 13.0 Å². The molecule has 0 aromatic carbocycles. The van der Waals surface area contributed by atoms with Crippen LogP contribution in [0.15, 0.2) is 12.4 Å². The highest BCUT2D eigenvalue weighted by molar-refractivity contribution is 5.78. The van der Waals surface area contributed by atoms with Gasteiger partial charge in [-0.15, -0.1) is 0 Å². The summed E-state index contributed by atoms with van der Waals surface area (Å²) in [6, 6.07) is -0.0356. The largest absolute Gasteiger partial charge is 0.393 e. The molecule has 6 heteroatoms. The number of amides is 1. The summed E-state index contributed by atoms with van der Waals surface area (Å²) < 4.78 is 1.76. The van der Waals surface area contributed by atoms with E-state index in [0.717, 1.165) is 31.5 Å². The van der Waals surface area contributed by atoms with Gasteiger partial charge in [-0.3, -0.25) is 14.4 Å². The van der Waals surface area contributed by atoms with Crippen molar-refractivity contribution in [3.8, 4) is 0 Å². The lowest BCUT2D eigenvalue weighted by Gasteiger charge is -2.38. The fourth-order valence-electron chi connectivity index (χ4n) is 3.69. The summed E-state index contributed by atoms with van der Waals surface area (Å²) >= 11 is 0. The number of carbonyl (C=O) groups excluding carboxylic acids is 1. The highest BCUT2D eigenvalue weighted by Crippen LogP contribution is 2.37. The highest BCUT2D eigenvalue weighted by Gasteiger charge is 2.36. The molecule has 0 bridgehead atoms. The van der Waals surface area contributed by atoms with Gasteiger partial charge >= 0.3 is 0 Å². The molecule has 2 fully saturated rings. The lowest BCUT2D eigenvalue weighted by atomic mass is 9.75. The van der Waals surface area contributed by atoms with Gasteiger partial charge < -0.3 is 10.4 Å². The summed E-state index contributed by atoms with van der Waals surface area (Å²) in [5.74, 6) is 0.393. The molecule has 1 unspecified atom stereocenters. The SMILES string of the molecule is Cn1cc(C(NC(=O)CN2CCCCCC2)C2CC(O)C2)cn1. The number of nitrogens with one attached hydrogen (secondary N) is 1. The summed E-state index contributed by atoms with van der Waals surface area (Å²) in [6.07, 6.45) is 9.99. The molecule has 0 spiro atoms. The maximum atomic E-state index is 12.5. The summed E-state index contributed by atoms with van der Waals surface area (Å²) in [6.45, 7) is 2.52. The molecule has 0 radical (unpaired) electrons. The number of hydrogen-bond acceptors (Lipinski definition) is 4. The van der Waals surface area contributed by atoms with Gasteiger partial charge in [-0.05, 0) is 44.7 Å². The van der Waals surface area contributed by atoms with E-state index in [1.54, 1.807) is 4.68 Å². The first kappa shape index (κ1) is 16.5. The molecule has 3 rings (SSSR count). The molecule has 2 aliphatic rings. The Morgan fingerprint density at radius 2 is 2.04 bits per heavy atom. The van der Waals surface area contributed by atoms with Gasteiger partial charge in [-0.2, -0.15) is 5.10 Å². The third-order valence-electron chi connectivity index (χ3n) is 5.09. The van der Waals surface area contributed by atoms with Crippen LogP contribution in [0.4, 0.5) is 0 Å². The van der Waals surface area contributed by atoms with E-state index in [-0.39, 0.29) is 18.1 Å². The topological polar surface area (TPSA) is 70.4 Å². The number of hydrogen-bond donors (Lipinski definition) is 2. The minimum Gasteiger partial charge on any atom is -0.393 e. The molecular weight excluding hydrogens is 292 g/mol. The van der Waals surface area contributed by atoms with Gasteiger partial charge in [0.2, 0.25) is 5.91 Å². The highest BCUT2D eigenvalue weighted by atomic mass is 16.3. The van der Waals surface area contributed by atoms with E-state index in [1.165, 1.54) is 25.7 Å². The van der Waals surface area contributed by atoms with Gasteiger partial charge in [0.1, 0.15) is 0 Å². The van der Waals surface area contributed by atoms with Gasteiger partial charge in [0.25, 0.3) is 0 Å². The zero-order valence-electron chi connectivity index (χ0n) is 13.9. The number of aliphatic hydroxyl groups is 1. The number of aliphatic hydroxyl groups excluding tert-OH is 1. The Kier molecular flexibility index (Phi) is 5.33. The van der Waals surface area contributed by atoms with Crippen molar-refractivity contribution in [2.75, 3.05) is 19.6 Å². The summed E-state index contributed by atoms with van der Waals surface area (Å²) in [7, 11) is 1.88. The Balaban J connectivity index is 1.59. The molecule has 128 valence electrons. The zero-order chi connectivity index (χ0) is 16.2. The van der Waals surface area contributed by atoms with Crippen molar-refractivity contribution < 1.29 is 9.90 Å². The van der Waals surface area contributed by atoms with Gasteiger partial charge in [0, 0.05) is 18.8 Å². The Morgan fingerprint density at radius 1 is 1.35 bits per heavy atom. The number of likely N-dealkylation sites (tertiary alicyclic amines) is 1. The van der Waals surface area contributed by atoms with E-state index in [2.05, 4.69) is 15.3 Å². The van der Waals surface area contributed by atoms with Gasteiger partial charge in [-0.1, -0.05) is 12.8 Å². The molecule has 23 heavy (non-hydrogen) atoms. The molecule has 2 N–H and O–H groups in total. The van der Waals surface area contributed by atoms with Crippen molar-refractivity contribution in [2.45, 2.75) is 50.7 Å². The lowest BCUT2D eigenvalue weighted by Crippen LogP contribution is -2.44. The van der Waals surface area contributed by atoms with Crippen LogP contribution < -0.4 is 5.32 Å². The van der Waals surface area contributed by atoms with Gasteiger partial charge in [0.05, 0.1) is 24.9 Å². The Labute approximate surface area is 137 Å². The molecule has 1 aromatic rings. The predicted octanol–water partition coefficient (Wildman–Crippen LogP) is 1.22. The Hall–Kier alpha value is -1.40. The quantitative estimate of drug-likeness (QED) is 0.856. The number of aryl methyl sites for hydroxylation is 1. The van der Waals surface area contributed by atoms with Crippen LogP contribution >= 0.6 is 0 Å². The lowest BCUT2D eigenvalue weighted by molar-refractivity contribution is -0.124. The van der Waals surface area contributed by atoms with Crippen molar-refractivity contribution in [3.63, 3.8) is 0 Å². The van der Waals surface area contributed by atoms with Crippen molar-refractivity contribution in [1.82, 2.24) is 20.0 Å². The fraction of sp³-hybridized carbons (Fsp3) is 0.765. The molecule has 2 heterocycles. The molecule has 1 aliphatic heterocycles. The summed E-state index contributed by atoms with van der Waals surface area (Å²) in [5, 5.41) is 17.0. The first-order valence-corrected chi connectivity index (χ1v) is 8.80. The van der Waals surface area contributed by atoms with Crippen LogP contribution in [0.1, 0.15) is 50.1 Å². The standard InChI is InChI=1S/C17H28N4O2/c1-20-11-14(10-18-20)17(13-8-15(22)9-13)19-16(23)12-21-6-4-2-3-5-7-21/h10-11,13,15,17,22H,2-9,12H2,1H3,(H,19,23). The molecule has 1 saturated carbocycles. The number of carbonyl (C=O) groups is 1. The third-order valence-corrected chi connectivity index (χ3v) is 5.09. The molecule has 1 amide bonds. The first-order chi connectivity index (χ1) is 11.1. The van der Waals surface area contributed by atoms with Crippen LogP contribution in [-0.2, 0) is 11.8 Å². The van der Waals surface area contributed by atoms with Crippen LogP contribution in [0.3, 0.4) is 0 Å². The number of aromatic nitrogens is 2. The van der Waals surface area contributed by atoms with Crippen LogP contribution in [0.25, 0.3) is 0 Å². The van der Waals surface area contributed by atoms with E-state index < -0.39 is 0 Å². The maximum absolute atomic E-state index is 12.5. The van der Waals surface area contributed by atoms with E-state index >= 15 is 0 Å². The Bertz CT molecular complexity index is 516. The third kappa shape index (κ3) is 4.32. The van der Waals surface area contributed by atoms with Crippen LogP contribution in [0.5, 0.6) is 0 Å². The molecule has 1 atom stereocenters. The second kappa shape index (κ2) is 7.45. The molecule has 1 aliphatic carbocycles. The van der Waals surface area contributed by atoms with E-state index in [4.69, 9.17) is 0 Å². The minimum atomic E-state index is -0.221. The monoisotopic (exact) mass is 320 g/mol. The number of nitrogens with zero attached hydrogens (tertiary/aromatic N) is 3. The van der Waals surface area contributed by atoms with Gasteiger partial charge in [-0.25, -0.2) is 0 Å². The summed E-state index contributed by atoms with van der Waals surface area (Å²) in [4.78, 5) is 14.8. The van der Waals surface area contributed by atoms with Crippen molar-refractivity contribution >= 4 is 5.91 Å². The second-order valence-corrected chi connectivity index (χ2v) is 7.07. The molecule has 1 aromatic heterocycles. The zero-order valence-corrected chi connectivity index (χ0v) is 13.9. The average molecular weight is 320 g/mol. The minimum absolute atomic E-state index is 0.0356. The van der Waals surface area contributed by atoms with E-state index in [1.807, 2.05) is 19.4 Å². The Morgan fingerprint density at radius 3 is 2.61 bits per heavy atom. The molecule has 1 saturated heterocycles. The van der Waals surface area contributed by atoms with Crippen LogP contribution in [-0.4, -0.2) is 51.4 Å². The van der Waals surface area contributed by atoms with E-state index in [0.29, 0.717) is 12.5 Å². The smallest absolute Gasteiger partial charge is 0.234 e. The first-order valence-electron chi connectivity index (χ1n) is 8.80. The van der Waals surface area contributed by atoms with E-state index in [9.17, 15) is 9.90 Å². The predicted molar refractivity (Wildman–Crippen MR) is 87.7 cm³/mol. The molecule has 6 nitrogen and oxygen atoms in total. The van der Waals surface area contributed by atoms with Crippen molar-refractivity contribution in [3.05, 3.63) is 18.0 Å². The van der Waals surface area contributed by atoms with Crippen LogP contribution in [0, 0.1) is 5.92 Å². The fourth-order valence-corrected chi connectivity index (χ4v) is 3.69. The average Bonchev–Trinajstić information content (AvgIpc) is 2.75. The number of rotatable bonds is 5. The van der Waals surface area contributed by atoms with Gasteiger partial charge in [0.15, 0.2) is 0 Å².